The van der Waals surface area contributed by atoms with Crippen molar-refractivity contribution in [1.82, 2.24) is 4.98 Å². The van der Waals surface area contributed by atoms with Crippen LogP contribution >= 0.6 is 0 Å². The van der Waals surface area contributed by atoms with Crippen molar-refractivity contribution in [2.24, 2.45) is 5.92 Å². The maximum atomic E-state index is 6.69. The molecule has 0 aliphatic heterocycles. The van der Waals surface area contributed by atoms with Crippen LogP contribution in [0.15, 0.2) is 18.5 Å². The van der Waals surface area contributed by atoms with Gasteiger partial charge >= 0.3 is 0 Å². The van der Waals surface area contributed by atoms with Gasteiger partial charge in [0.15, 0.2) is 8.32 Å². The first-order chi connectivity index (χ1) is 10.1. The first kappa shape index (κ1) is 17.5. The molecule has 0 unspecified atom stereocenters. The molecule has 3 nitrogen and oxygen atoms in total. The van der Waals surface area contributed by atoms with Crippen LogP contribution in [-0.4, -0.2) is 19.4 Å². The molecule has 2 rings (SSSR count). The lowest BCUT2D eigenvalue weighted by molar-refractivity contribution is 0.103. The Hall–Kier alpha value is -0.873. The molecule has 2 N–H and O–H groups in total. The number of nitrogen functional groups attached to an aromatic ring is 1. The number of rotatable bonds is 3. The maximum absolute atomic E-state index is 6.69. The van der Waals surface area contributed by atoms with Crippen molar-refractivity contribution in [3.05, 3.63) is 24.0 Å². The van der Waals surface area contributed by atoms with Crippen LogP contribution in [0.25, 0.3) is 0 Å². The van der Waals surface area contributed by atoms with Gasteiger partial charge in [-0.3, -0.25) is 4.98 Å². The molecule has 1 aromatic rings. The summed E-state index contributed by atoms with van der Waals surface area (Å²) in [4.78, 5) is 4.12. The second-order valence-electron chi connectivity index (χ2n) is 8.51. The Balaban J connectivity index is 2.14. The highest BCUT2D eigenvalue weighted by atomic mass is 28.4. The van der Waals surface area contributed by atoms with Gasteiger partial charge in [-0.1, -0.05) is 27.7 Å². The summed E-state index contributed by atoms with van der Waals surface area (Å²) in [6.07, 6.45) is 7.46. The topological polar surface area (TPSA) is 48.1 Å². The van der Waals surface area contributed by atoms with Crippen molar-refractivity contribution in [2.45, 2.75) is 77.1 Å². The van der Waals surface area contributed by atoms with E-state index in [0.29, 0.717) is 17.9 Å². The summed E-state index contributed by atoms with van der Waals surface area (Å²) >= 11 is 0. The number of nitrogens with zero attached hydrogens (tertiary/aromatic N) is 1. The van der Waals surface area contributed by atoms with E-state index in [1.54, 1.807) is 6.20 Å². The molecule has 3 atom stereocenters. The van der Waals surface area contributed by atoms with Gasteiger partial charge in [-0.25, -0.2) is 0 Å². The third-order valence-corrected chi connectivity index (χ3v) is 10.0. The van der Waals surface area contributed by atoms with Gasteiger partial charge in [-0.05, 0) is 60.9 Å². The van der Waals surface area contributed by atoms with Crippen molar-refractivity contribution in [3.63, 3.8) is 0 Å². The molecule has 1 aliphatic carbocycles. The molecule has 0 aromatic carbocycles. The zero-order valence-electron chi connectivity index (χ0n) is 15.0. The van der Waals surface area contributed by atoms with Crippen molar-refractivity contribution >= 4 is 14.0 Å². The molecule has 1 saturated carbocycles. The van der Waals surface area contributed by atoms with Crippen molar-refractivity contribution < 1.29 is 4.43 Å². The van der Waals surface area contributed by atoms with Crippen LogP contribution in [0, 0.1) is 5.92 Å². The van der Waals surface area contributed by atoms with Gasteiger partial charge in [0.1, 0.15) is 0 Å². The van der Waals surface area contributed by atoms with E-state index in [2.05, 4.69) is 51.8 Å². The zero-order chi connectivity index (χ0) is 16.5. The lowest BCUT2D eigenvalue weighted by Gasteiger charge is -2.43. The first-order valence-corrected chi connectivity index (χ1v) is 11.4. The summed E-state index contributed by atoms with van der Waals surface area (Å²) in [6.45, 7) is 14.0. The summed E-state index contributed by atoms with van der Waals surface area (Å²) < 4.78 is 6.69. The van der Waals surface area contributed by atoms with Gasteiger partial charge < -0.3 is 10.2 Å². The Morgan fingerprint density at radius 1 is 1.23 bits per heavy atom. The van der Waals surface area contributed by atoms with Gasteiger partial charge in [0.25, 0.3) is 0 Å². The second kappa shape index (κ2) is 6.32. The summed E-state index contributed by atoms with van der Waals surface area (Å²) in [7, 11) is -1.71. The SMILES string of the molecule is C[C@H]1C[C@@H](O[Si](C)(C)C(C)(C)C)C[C@@H](c2ccncc2N)C1. The Morgan fingerprint density at radius 3 is 2.50 bits per heavy atom. The van der Waals surface area contributed by atoms with Crippen LogP contribution in [-0.2, 0) is 4.43 Å². The van der Waals surface area contributed by atoms with Crippen molar-refractivity contribution in [3.8, 4) is 0 Å². The lowest BCUT2D eigenvalue weighted by atomic mass is 9.77. The number of aromatic nitrogens is 1. The van der Waals surface area contributed by atoms with Crippen molar-refractivity contribution in [1.29, 1.82) is 0 Å². The predicted octanol–water partition coefficient (Wildman–Crippen LogP) is 4.96. The maximum Gasteiger partial charge on any atom is 0.192 e. The highest BCUT2D eigenvalue weighted by molar-refractivity contribution is 6.74. The van der Waals surface area contributed by atoms with Gasteiger partial charge in [0.05, 0.1) is 11.9 Å². The van der Waals surface area contributed by atoms with E-state index in [1.165, 1.54) is 18.4 Å². The zero-order valence-corrected chi connectivity index (χ0v) is 16.0. The molecule has 1 aromatic heterocycles. The summed E-state index contributed by atoms with van der Waals surface area (Å²) in [5, 5.41) is 0.263. The van der Waals surface area contributed by atoms with Gasteiger partial charge in [-0.15, -0.1) is 0 Å². The summed E-state index contributed by atoms with van der Waals surface area (Å²) in [5.41, 5.74) is 8.23. The van der Waals surface area contributed by atoms with E-state index in [4.69, 9.17) is 10.2 Å². The third-order valence-electron chi connectivity index (χ3n) is 5.49. The standard InChI is InChI=1S/C18H32N2OSi/c1-13-9-14(16-7-8-20-12-17(16)19)11-15(10-13)21-22(5,6)18(2,3)4/h7-8,12-15H,9-11,19H2,1-6H3/t13-,14+,15-/m1/s1. The van der Waals surface area contributed by atoms with Crippen LogP contribution in [0.5, 0.6) is 0 Å². The quantitative estimate of drug-likeness (QED) is 0.801. The fraction of sp³-hybridized carbons (Fsp3) is 0.722. The highest BCUT2D eigenvalue weighted by Crippen LogP contribution is 2.43. The summed E-state index contributed by atoms with van der Waals surface area (Å²) in [5.74, 6) is 1.18. The molecular weight excluding hydrogens is 288 g/mol. The number of pyridine rings is 1. The van der Waals surface area contributed by atoms with Gasteiger partial charge in [0.2, 0.25) is 0 Å². The molecule has 0 spiro atoms. The molecule has 1 heterocycles. The molecular formula is C18H32N2OSi. The first-order valence-electron chi connectivity index (χ1n) is 8.47. The lowest BCUT2D eigenvalue weighted by Crippen LogP contribution is -2.45. The summed E-state index contributed by atoms with van der Waals surface area (Å²) in [6, 6.07) is 2.08. The predicted molar refractivity (Wildman–Crippen MR) is 96.5 cm³/mol. The minimum Gasteiger partial charge on any atom is -0.414 e. The average molecular weight is 321 g/mol. The van der Waals surface area contributed by atoms with E-state index in [0.717, 1.165) is 12.1 Å². The average Bonchev–Trinajstić information content (AvgIpc) is 2.36. The normalized spacial score (nSPS) is 26.9. The van der Waals surface area contributed by atoms with E-state index in [1.807, 2.05) is 6.20 Å². The number of hydrogen-bond donors (Lipinski definition) is 1. The Morgan fingerprint density at radius 2 is 1.91 bits per heavy atom. The smallest absolute Gasteiger partial charge is 0.192 e. The Bertz CT molecular complexity index is 510. The molecule has 0 bridgehead atoms. The second-order valence-corrected chi connectivity index (χ2v) is 13.3. The van der Waals surface area contributed by atoms with Gasteiger partial charge in [-0.2, -0.15) is 0 Å². The Labute approximate surface area is 136 Å². The van der Waals surface area contributed by atoms with E-state index in [9.17, 15) is 0 Å². The molecule has 0 radical (unpaired) electrons. The molecule has 22 heavy (non-hydrogen) atoms. The fourth-order valence-corrected chi connectivity index (χ4v) is 4.65. The fourth-order valence-electron chi connectivity index (χ4n) is 3.27. The van der Waals surface area contributed by atoms with Crippen LogP contribution in [0.4, 0.5) is 5.69 Å². The van der Waals surface area contributed by atoms with E-state index in [-0.39, 0.29) is 5.04 Å². The molecule has 1 fully saturated rings. The molecule has 0 saturated heterocycles. The highest BCUT2D eigenvalue weighted by Gasteiger charge is 2.41. The molecule has 124 valence electrons. The van der Waals surface area contributed by atoms with E-state index < -0.39 is 8.32 Å². The molecule has 4 heteroatoms. The van der Waals surface area contributed by atoms with Gasteiger partial charge in [0, 0.05) is 12.3 Å². The monoisotopic (exact) mass is 320 g/mol. The third kappa shape index (κ3) is 3.90. The van der Waals surface area contributed by atoms with E-state index >= 15 is 0 Å². The molecule has 0 amide bonds. The number of anilines is 1. The van der Waals surface area contributed by atoms with Crippen LogP contribution in [0.1, 0.15) is 58.4 Å². The molecule has 1 aliphatic rings. The number of nitrogens with two attached hydrogens (primary N) is 1. The van der Waals surface area contributed by atoms with Crippen molar-refractivity contribution in [2.75, 3.05) is 5.73 Å². The largest absolute Gasteiger partial charge is 0.414 e. The minimum atomic E-state index is -1.71. The Kier molecular flexibility index (Phi) is 5.02. The van der Waals surface area contributed by atoms with Crippen LogP contribution in [0.3, 0.4) is 0 Å². The number of hydrogen-bond acceptors (Lipinski definition) is 3. The van der Waals surface area contributed by atoms with Crippen LogP contribution < -0.4 is 5.73 Å². The van der Waals surface area contributed by atoms with Crippen LogP contribution in [0.2, 0.25) is 18.1 Å². The minimum absolute atomic E-state index is 0.263.